The number of hydrogen-bond donors (Lipinski definition) is 1. The molecule has 0 fully saturated rings. The Balaban J connectivity index is 1.91. The summed E-state index contributed by atoms with van der Waals surface area (Å²) in [5.41, 5.74) is 1.66. The monoisotopic (exact) mass is 405 g/mol. The Kier molecular flexibility index (Phi) is 7.40. The predicted octanol–water partition coefficient (Wildman–Crippen LogP) is 3.42. The number of carbonyl (C=O) groups is 3. The lowest BCUT2D eigenvalue weighted by molar-refractivity contribution is -0.155. The zero-order valence-corrected chi connectivity index (χ0v) is 16.4. The molecule has 0 heterocycles. The minimum absolute atomic E-state index is 0.275. The summed E-state index contributed by atoms with van der Waals surface area (Å²) in [5.74, 6) is -0.644. The van der Waals surface area contributed by atoms with Crippen LogP contribution in [-0.2, 0) is 14.3 Å². The molecule has 0 saturated carbocycles. The van der Waals surface area contributed by atoms with Crippen molar-refractivity contribution in [3.63, 3.8) is 0 Å². The van der Waals surface area contributed by atoms with Crippen LogP contribution in [0.25, 0.3) is 0 Å². The first-order chi connectivity index (χ1) is 13.3. The van der Waals surface area contributed by atoms with Crippen molar-refractivity contribution in [2.75, 3.05) is 19.0 Å². The van der Waals surface area contributed by atoms with Gasteiger partial charge in [0, 0.05) is 16.3 Å². The molecule has 0 spiro atoms. The average Bonchev–Trinajstić information content (AvgIpc) is 2.69. The molecule has 2 aromatic carbocycles. The Labute approximate surface area is 167 Å². The van der Waals surface area contributed by atoms with Gasteiger partial charge in [-0.25, -0.2) is 4.79 Å². The molecule has 8 heteroatoms. The lowest BCUT2D eigenvalue weighted by Crippen LogP contribution is -2.31. The van der Waals surface area contributed by atoms with E-state index < -0.39 is 24.6 Å². The topological polar surface area (TPSA) is 90.9 Å². The van der Waals surface area contributed by atoms with E-state index in [9.17, 15) is 14.4 Å². The van der Waals surface area contributed by atoms with Gasteiger partial charge < -0.3 is 19.5 Å². The molecule has 1 amide bonds. The minimum Gasteiger partial charge on any atom is -0.493 e. The molecule has 0 unspecified atom stereocenters. The number of rotatable bonds is 8. The van der Waals surface area contributed by atoms with Crippen molar-refractivity contribution in [3.05, 3.63) is 52.5 Å². The number of ether oxygens (including phenoxy) is 3. The molecule has 1 atom stereocenters. The summed E-state index contributed by atoms with van der Waals surface area (Å²) in [6, 6.07) is 9.64. The predicted molar refractivity (Wildman–Crippen MR) is 104 cm³/mol. The highest BCUT2D eigenvalue weighted by molar-refractivity contribution is 6.31. The number of esters is 1. The van der Waals surface area contributed by atoms with E-state index in [1.54, 1.807) is 25.1 Å². The fraction of sp³-hybridized carbons (Fsp3) is 0.250. The quantitative estimate of drug-likeness (QED) is 0.534. The van der Waals surface area contributed by atoms with Crippen LogP contribution in [0.2, 0.25) is 5.02 Å². The van der Waals surface area contributed by atoms with Crippen LogP contribution < -0.4 is 14.8 Å². The maximum atomic E-state index is 12.2. The highest BCUT2D eigenvalue weighted by atomic mass is 35.5. The van der Waals surface area contributed by atoms with E-state index in [1.807, 2.05) is 0 Å². The van der Waals surface area contributed by atoms with E-state index in [-0.39, 0.29) is 5.75 Å². The molecular weight excluding hydrogens is 386 g/mol. The number of amides is 1. The number of anilines is 1. The lowest BCUT2D eigenvalue weighted by atomic mass is 10.2. The number of carbonyl (C=O) groups excluding carboxylic acids is 3. The van der Waals surface area contributed by atoms with Crippen LogP contribution in [0.3, 0.4) is 0 Å². The number of aldehydes is 1. The second-order valence-corrected chi connectivity index (χ2v) is 6.26. The molecule has 2 aromatic rings. The first-order valence-corrected chi connectivity index (χ1v) is 8.75. The highest BCUT2D eigenvalue weighted by Crippen LogP contribution is 2.27. The summed E-state index contributed by atoms with van der Waals surface area (Å²) >= 11 is 6.02. The molecule has 1 N–H and O–H groups in total. The van der Waals surface area contributed by atoms with Gasteiger partial charge in [-0.1, -0.05) is 17.7 Å². The third kappa shape index (κ3) is 5.47. The van der Waals surface area contributed by atoms with Gasteiger partial charge in [-0.15, -0.1) is 0 Å². The van der Waals surface area contributed by atoms with Gasteiger partial charge in [-0.3, -0.25) is 9.59 Å². The third-order valence-electron chi connectivity index (χ3n) is 3.87. The molecule has 148 valence electrons. The van der Waals surface area contributed by atoms with Gasteiger partial charge in [0.15, 0.2) is 24.2 Å². The second kappa shape index (κ2) is 9.75. The lowest BCUT2D eigenvalue weighted by Gasteiger charge is -2.16. The molecule has 0 aromatic heterocycles. The van der Waals surface area contributed by atoms with Gasteiger partial charge in [0.2, 0.25) is 0 Å². The maximum Gasteiger partial charge on any atom is 0.344 e. The first-order valence-electron chi connectivity index (χ1n) is 8.37. The standard InChI is InChI=1S/C20H20ClNO6/c1-12-15(21)5-4-6-16(12)22-20(25)13(2)28-19(24)11-27-17-8-7-14(10-23)9-18(17)26-3/h4-10,13H,11H2,1-3H3,(H,22,25)/t13-/m1/s1. The minimum atomic E-state index is -1.03. The van der Waals surface area contributed by atoms with E-state index in [0.29, 0.717) is 33.9 Å². The summed E-state index contributed by atoms with van der Waals surface area (Å²) in [5, 5.41) is 3.19. The van der Waals surface area contributed by atoms with E-state index in [2.05, 4.69) is 5.32 Å². The van der Waals surface area contributed by atoms with Crippen LogP contribution in [0.4, 0.5) is 5.69 Å². The van der Waals surface area contributed by atoms with Crippen molar-refractivity contribution in [1.82, 2.24) is 0 Å². The number of hydrogen-bond acceptors (Lipinski definition) is 6. The van der Waals surface area contributed by atoms with Crippen LogP contribution in [0, 0.1) is 6.92 Å². The molecule has 0 aliphatic carbocycles. The SMILES string of the molecule is COc1cc(C=O)ccc1OCC(=O)O[C@H](C)C(=O)Nc1cccc(Cl)c1C. The van der Waals surface area contributed by atoms with Crippen LogP contribution in [0.5, 0.6) is 11.5 Å². The fourth-order valence-corrected chi connectivity index (χ4v) is 2.45. The fourth-order valence-electron chi connectivity index (χ4n) is 2.28. The van der Waals surface area contributed by atoms with Crippen LogP contribution in [0.15, 0.2) is 36.4 Å². The Morgan fingerprint density at radius 1 is 1.21 bits per heavy atom. The van der Waals surface area contributed by atoms with Crippen LogP contribution in [-0.4, -0.2) is 38.0 Å². The molecule has 0 radical (unpaired) electrons. The Morgan fingerprint density at radius 2 is 1.96 bits per heavy atom. The van der Waals surface area contributed by atoms with Gasteiger partial charge >= 0.3 is 5.97 Å². The number of benzene rings is 2. The number of methoxy groups -OCH3 is 1. The summed E-state index contributed by atoms with van der Waals surface area (Å²) in [4.78, 5) is 35.0. The highest BCUT2D eigenvalue weighted by Gasteiger charge is 2.19. The summed E-state index contributed by atoms with van der Waals surface area (Å²) in [6.45, 7) is 2.79. The summed E-state index contributed by atoms with van der Waals surface area (Å²) in [7, 11) is 1.42. The van der Waals surface area contributed by atoms with Crippen molar-refractivity contribution in [1.29, 1.82) is 0 Å². The van der Waals surface area contributed by atoms with Crippen molar-refractivity contribution in [2.45, 2.75) is 20.0 Å². The average molecular weight is 406 g/mol. The molecular formula is C20H20ClNO6. The van der Waals surface area contributed by atoms with Gasteiger partial charge in [0.05, 0.1) is 7.11 Å². The van der Waals surface area contributed by atoms with Crippen molar-refractivity contribution in [3.8, 4) is 11.5 Å². The Hall–Kier alpha value is -3.06. The maximum absolute atomic E-state index is 12.2. The molecule has 0 aliphatic heterocycles. The molecule has 2 rings (SSSR count). The second-order valence-electron chi connectivity index (χ2n) is 5.85. The van der Waals surface area contributed by atoms with Crippen molar-refractivity contribution >= 4 is 35.5 Å². The Bertz CT molecular complexity index is 883. The van der Waals surface area contributed by atoms with Gasteiger partial charge in [-0.05, 0) is 49.7 Å². The van der Waals surface area contributed by atoms with Crippen LogP contribution in [0.1, 0.15) is 22.8 Å². The van der Waals surface area contributed by atoms with Gasteiger partial charge in [0.25, 0.3) is 5.91 Å². The Morgan fingerprint density at radius 3 is 2.64 bits per heavy atom. The molecule has 28 heavy (non-hydrogen) atoms. The number of halogens is 1. The van der Waals surface area contributed by atoms with Crippen molar-refractivity contribution < 1.29 is 28.6 Å². The molecule has 7 nitrogen and oxygen atoms in total. The van der Waals surface area contributed by atoms with Gasteiger partial charge in [0.1, 0.15) is 6.29 Å². The zero-order chi connectivity index (χ0) is 20.7. The van der Waals surface area contributed by atoms with E-state index >= 15 is 0 Å². The molecule has 0 saturated heterocycles. The van der Waals surface area contributed by atoms with Crippen molar-refractivity contribution in [2.24, 2.45) is 0 Å². The normalized spacial score (nSPS) is 11.3. The van der Waals surface area contributed by atoms with E-state index in [1.165, 1.54) is 32.2 Å². The van der Waals surface area contributed by atoms with E-state index in [4.69, 9.17) is 25.8 Å². The van der Waals surface area contributed by atoms with Gasteiger partial charge in [-0.2, -0.15) is 0 Å². The van der Waals surface area contributed by atoms with Crippen LogP contribution >= 0.6 is 11.6 Å². The third-order valence-corrected chi connectivity index (χ3v) is 4.28. The largest absolute Gasteiger partial charge is 0.493 e. The number of nitrogens with one attached hydrogen (secondary N) is 1. The smallest absolute Gasteiger partial charge is 0.344 e. The summed E-state index contributed by atoms with van der Waals surface area (Å²) < 4.78 is 15.6. The molecule has 0 aliphatic rings. The summed E-state index contributed by atoms with van der Waals surface area (Å²) in [6.07, 6.45) is -0.364. The van der Waals surface area contributed by atoms with E-state index in [0.717, 1.165) is 0 Å². The molecule has 0 bridgehead atoms. The zero-order valence-electron chi connectivity index (χ0n) is 15.7. The first kappa shape index (κ1) is 21.2.